The lowest BCUT2D eigenvalue weighted by Gasteiger charge is -2.44. The fourth-order valence-electron chi connectivity index (χ4n) is 3.40. The number of carboxylic acids is 1. The van der Waals surface area contributed by atoms with Gasteiger partial charge in [-0.2, -0.15) is 0 Å². The van der Waals surface area contributed by atoms with Crippen molar-refractivity contribution < 1.29 is 19.4 Å². The molecule has 0 amide bonds. The molecule has 5 heteroatoms. The van der Waals surface area contributed by atoms with E-state index < -0.39 is 5.97 Å². The van der Waals surface area contributed by atoms with Crippen LogP contribution in [0.4, 0.5) is 0 Å². The van der Waals surface area contributed by atoms with Crippen molar-refractivity contribution in [2.24, 2.45) is 5.92 Å². The minimum absolute atomic E-state index is 0.184. The lowest BCUT2D eigenvalue weighted by Crippen LogP contribution is -2.51. The summed E-state index contributed by atoms with van der Waals surface area (Å²) in [5.74, 6) is 0.634. The Hall–Kier alpha value is -1.75. The molecule has 1 aromatic carbocycles. The van der Waals surface area contributed by atoms with Gasteiger partial charge in [0.1, 0.15) is 0 Å². The summed E-state index contributed by atoms with van der Waals surface area (Å²) < 4.78 is 10.7. The van der Waals surface area contributed by atoms with Gasteiger partial charge in [0.15, 0.2) is 11.5 Å². The maximum absolute atomic E-state index is 11.2. The molecular formula is C16H21NO4. The fraction of sp³-hybridized carbons (Fsp3) is 0.562. The third kappa shape index (κ3) is 2.46. The highest BCUT2D eigenvalue weighted by molar-refractivity contribution is 5.72. The van der Waals surface area contributed by atoms with Crippen LogP contribution in [0.5, 0.6) is 11.5 Å². The molecule has 114 valence electrons. The SMILES string of the molecule is COc1cc2c(cc1OC)CN(C1CCC1C(=O)O)CC2. The van der Waals surface area contributed by atoms with Crippen LogP contribution in [-0.4, -0.2) is 42.8 Å². The fourth-order valence-corrected chi connectivity index (χ4v) is 3.40. The molecule has 2 unspecified atom stereocenters. The summed E-state index contributed by atoms with van der Waals surface area (Å²) in [6.45, 7) is 1.71. The Bertz CT molecular complexity index is 557. The molecule has 21 heavy (non-hydrogen) atoms. The van der Waals surface area contributed by atoms with Crippen molar-refractivity contribution >= 4 is 5.97 Å². The topological polar surface area (TPSA) is 59.0 Å². The first-order valence-corrected chi connectivity index (χ1v) is 7.34. The molecule has 3 rings (SSSR count). The van der Waals surface area contributed by atoms with Gasteiger partial charge < -0.3 is 14.6 Å². The first kappa shape index (κ1) is 14.2. The summed E-state index contributed by atoms with van der Waals surface area (Å²) in [5.41, 5.74) is 2.49. The van der Waals surface area contributed by atoms with Gasteiger partial charge in [0, 0.05) is 19.1 Å². The minimum Gasteiger partial charge on any atom is -0.493 e. The van der Waals surface area contributed by atoms with E-state index in [0.717, 1.165) is 43.9 Å². The van der Waals surface area contributed by atoms with E-state index in [1.807, 2.05) is 12.1 Å². The van der Waals surface area contributed by atoms with E-state index in [9.17, 15) is 9.90 Å². The predicted molar refractivity (Wildman–Crippen MR) is 77.8 cm³/mol. The van der Waals surface area contributed by atoms with E-state index in [4.69, 9.17) is 9.47 Å². The van der Waals surface area contributed by atoms with Crippen LogP contribution in [0, 0.1) is 5.92 Å². The molecule has 5 nitrogen and oxygen atoms in total. The van der Waals surface area contributed by atoms with Crippen LogP contribution in [-0.2, 0) is 17.8 Å². The maximum Gasteiger partial charge on any atom is 0.308 e. The number of rotatable bonds is 4. The summed E-state index contributed by atoms with van der Waals surface area (Å²) in [7, 11) is 3.28. The number of ether oxygens (including phenoxy) is 2. The van der Waals surface area contributed by atoms with Gasteiger partial charge in [-0.3, -0.25) is 9.69 Å². The van der Waals surface area contributed by atoms with Crippen molar-refractivity contribution in [3.8, 4) is 11.5 Å². The zero-order valence-corrected chi connectivity index (χ0v) is 12.5. The highest BCUT2D eigenvalue weighted by Crippen LogP contribution is 2.38. The van der Waals surface area contributed by atoms with Crippen LogP contribution in [0.15, 0.2) is 12.1 Å². The van der Waals surface area contributed by atoms with Gasteiger partial charge in [0.25, 0.3) is 0 Å². The Kier molecular flexibility index (Phi) is 3.76. The van der Waals surface area contributed by atoms with Crippen molar-refractivity contribution in [2.45, 2.75) is 31.8 Å². The molecule has 1 aromatic rings. The maximum atomic E-state index is 11.2. The average Bonchev–Trinajstić information content (AvgIpc) is 2.43. The van der Waals surface area contributed by atoms with Gasteiger partial charge in [0.05, 0.1) is 20.1 Å². The largest absolute Gasteiger partial charge is 0.493 e. The Balaban J connectivity index is 1.80. The van der Waals surface area contributed by atoms with Crippen LogP contribution in [0.2, 0.25) is 0 Å². The van der Waals surface area contributed by atoms with Crippen LogP contribution in [0.25, 0.3) is 0 Å². The lowest BCUT2D eigenvalue weighted by atomic mass is 9.77. The molecule has 1 aliphatic carbocycles. The number of carbonyl (C=O) groups is 1. The monoisotopic (exact) mass is 291 g/mol. The van der Waals surface area contributed by atoms with Crippen molar-refractivity contribution in [1.29, 1.82) is 0 Å². The lowest BCUT2D eigenvalue weighted by molar-refractivity contribution is -0.149. The standard InChI is InChI=1S/C16H21NO4/c1-20-14-7-10-5-6-17(9-11(10)8-15(14)21-2)13-4-3-12(13)16(18)19/h7-8,12-13H,3-6,9H2,1-2H3,(H,18,19). The molecule has 0 radical (unpaired) electrons. The van der Waals surface area contributed by atoms with Crippen LogP contribution < -0.4 is 9.47 Å². The van der Waals surface area contributed by atoms with E-state index in [-0.39, 0.29) is 12.0 Å². The first-order chi connectivity index (χ1) is 10.1. The summed E-state index contributed by atoms with van der Waals surface area (Å²) in [6.07, 6.45) is 2.72. The molecule has 1 fully saturated rings. The highest BCUT2D eigenvalue weighted by atomic mass is 16.5. The molecular weight excluding hydrogens is 270 g/mol. The van der Waals surface area contributed by atoms with Crippen molar-refractivity contribution in [1.82, 2.24) is 4.90 Å². The number of carboxylic acid groups (broad SMARTS) is 1. The van der Waals surface area contributed by atoms with Crippen molar-refractivity contribution in [2.75, 3.05) is 20.8 Å². The molecule has 0 aromatic heterocycles. The highest BCUT2D eigenvalue weighted by Gasteiger charge is 2.41. The van der Waals surface area contributed by atoms with Gasteiger partial charge in [-0.1, -0.05) is 0 Å². The normalized spacial score (nSPS) is 24.9. The van der Waals surface area contributed by atoms with Gasteiger partial charge in [-0.15, -0.1) is 0 Å². The van der Waals surface area contributed by atoms with Crippen LogP contribution in [0.1, 0.15) is 24.0 Å². The molecule has 1 N–H and O–H groups in total. The minimum atomic E-state index is -0.663. The van der Waals surface area contributed by atoms with Gasteiger partial charge >= 0.3 is 5.97 Å². The Morgan fingerprint density at radius 3 is 2.38 bits per heavy atom. The number of nitrogens with zero attached hydrogens (tertiary/aromatic N) is 1. The predicted octanol–water partition coefficient (Wildman–Crippen LogP) is 1.93. The summed E-state index contributed by atoms with van der Waals surface area (Å²) in [4.78, 5) is 13.5. The zero-order valence-electron chi connectivity index (χ0n) is 12.5. The second kappa shape index (κ2) is 5.56. The number of benzene rings is 1. The Morgan fingerprint density at radius 2 is 1.86 bits per heavy atom. The second-order valence-corrected chi connectivity index (χ2v) is 5.79. The molecule has 2 aliphatic rings. The summed E-state index contributed by atoms with van der Waals surface area (Å²) >= 11 is 0. The molecule has 1 heterocycles. The molecule has 1 saturated carbocycles. The summed E-state index contributed by atoms with van der Waals surface area (Å²) in [5, 5.41) is 9.22. The second-order valence-electron chi connectivity index (χ2n) is 5.79. The van der Waals surface area contributed by atoms with E-state index in [1.54, 1.807) is 14.2 Å². The molecule has 0 saturated heterocycles. The van der Waals surface area contributed by atoms with E-state index in [2.05, 4.69) is 4.90 Å². The van der Waals surface area contributed by atoms with Crippen molar-refractivity contribution in [3.05, 3.63) is 23.3 Å². The average molecular weight is 291 g/mol. The molecule has 0 bridgehead atoms. The Morgan fingerprint density at radius 1 is 1.19 bits per heavy atom. The van der Waals surface area contributed by atoms with Crippen molar-refractivity contribution in [3.63, 3.8) is 0 Å². The van der Waals surface area contributed by atoms with Gasteiger partial charge in [-0.25, -0.2) is 0 Å². The molecule has 0 spiro atoms. The number of hydrogen-bond acceptors (Lipinski definition) is 4. The zero-order chi connectivity index (χ0) is 15.0. The van der Waals surface area contributed by atoms with E-state index in [1.165, 1.54) is 11.1 Å². The smallest absolute Gasteiger partial charge is 0.308 e. The number of methoxy groups -OCH3 is 2. The molecule has 2 atom stereocenters. The first-order valence-electron chi connectivity index (χ1n) is 7.34. The van der Waals surface area contributed by atoms with Crippen LogP contribution in [0.3, 0.4) is 0 Å². The van der Waals surface area contributed by atoms with Gasteiger partial charge in [0.2, 0.25) is 0 Å². The van der Waals surface area contributed by atoms with Crippen LogP contribution >= 0.6 is 0 Å². The summed E-state index contributed by atoms with van der Waals surface area (Å²) in [6, 6.07) is 4.25. The third-order valence-corrected chi connectivity index (χ3v) is 4.77. The molecule has 1 aliphatic heterocycles. The van der Waals surface area contributed by atoms with Gasteiger partial charge in [-0.05, 0) is 42.5 Å². The van der Waals surface area contributed by atoms with E-state index in [0.29, 0.717) is 0 Å². The Labute approximate surface area is 124 Å². The quantitative estimate of drug-likeness (QED) is 0.918. The number of fused-ring (bicyclic) bond motifs is 1. The third-order valence-electron chi connectivity index (χ3n) is 4.77. The number of hydrogen-bond donors (Lipinski definition) is 1. The number of aliphatic carboxylic acids is 1. The van der Waals surface area contributed by atoms with E-state index >= 15 is 0 Å².